The fourth-order valence-electron chi connectivity index (χ4n) is 2.33. The number of hydrogen-bond donors (Lipinski definition) is 1. The SMILES string of the molecule is COc1ccccc1-c1nnc(CNC(=O)c2ccccc2C)o1. The first kappa shape index (κ1) is 15.7. The van der Waals surface area contributed by atoms with Gasteiger partial charge in [0, 0.05) is 5.56 Å². The van der Waals surface area contributed by atoms with Crippen LogP contribution in [0.3, 0.4) is 0 Å². The van der Waals surface area contributed by atoms with Gasteiger partial charge in [0.15, 0.2) is 0 Å². The van der Waals surface area contributed by atoms with Gasteiger partial charge in [0.1, 0.15) is 5.75 Å². The van der Waals surface area contributed by atoms with E-state index in [1.807, 2.05) is 49.4 Å². The van der Waals surface area contributed by atoms with Gasteiger partial charge in [0.2, 0.25) is 5.89 Å². The third-order valence-electron chi connectivity index (χ3n) is 3.59. The number of ether oxygens (including phenoxy) is 1. The molecule has 0 spiro atoms. The molecule has 6 heteroatoms. The number of methoxy groups -OCH3 is 1. The molecular formula is C18H17N3O3. The molecule has 1 aromatic heterocycles. The average molecular weight is 323 g/mol. The summed E-state index contributed by atoms with van der Waals surface area (Å²) in [5.41, 5.74) is 2.25. The van der Waals surface area contributed by atoms with E-state index in [0.717, 1.165) is 5.56 Å². The van der Waals surface area contributed by atoms with E-state index in [1.165, 1.54) is 0 Å². The molecule has 0 aliphatic rings. The number of carbonyl (C=O) groups excluding carboxylic acids is 1. The van der Waals surface area contributed by atoms with E-state index in [9.17, 15) is 4.79 Å². The Labute approximate surface area is 139 Å². The molecule has 24 heavy (non-hydrogen) atoms. The van der Waals surface area contributed by atoms with Crippen molar-refractivity contribution in [2.75, 3.05) is 7.11 Å². The van der Waals surface area contributed by atoms with Gasteiger partial charge in [-0.2, -0.15) is 0 Å². The van der Waals surface area contributed by atoms with Crippen molar-refractivity contribution < 1.29 is 13.9 Å². The molecule has 3 rings (SSSR count). The molecule has 0 radical (unpaired) electrons. The number of para-hydroxylation sites is 1. The van der Waals surface area contributed by atoms with Gasteiger partial charge < -0.3 is 14.5 Å². The molecule has 1 amide bonds. The number of rotatable bonds is 5. The van der Waals surface area contributed by atoms with Gasteiger partial charge in [-0.05, 0) is 30.7 Å². The van der Waals surface area contributed by atoms with Gasteiger partial charge >= 0.3 is 0 Å². The highest BCUT2D eigenvalue weighted by molar-refractivity contribution is 5.95. The number of aryl methyl sites for hydroxylation is 1. The fourth-order valence-corrected chi connectivity index (χ4v) is 2.33. The average Bonchev–Trinajstić information content (AvgIpc) is 3.09. The van der Waals surface area contributed by atoms with E-state index < -0.39 is 0 Å². The van der Waals surface area contributed by atoms with Gasteiger partial charge in [0.25, 0.3) is 11.8 Å². The fraction of sp³-hybridized carbons (Fsp3) is 0.167. The molecule has 122 valence electrons. The standard InChI is InChI=1S/C18H17N3O3/c1-12-7-3-4-8-13(12)17(22)19-11-16-20-21-18(24-16)14-9-5-6-10-15(14)23-2/h3-10H,11H2,1-2H3,(H,19,22). The Morgan fingerprint density at radius 3 is 2.67 bits per heavy atom. The molecule has 0 saturated carbocycles. The van der Waals surface area contributed by atoms with Crippen molar-refractivity contribution in [1.29, 1.82) is 0 Å². The van der Waals surface area contributed by atoms with Crippen LogP contribution in [0, 0.1) is 6.92 Å². The van der Waals surface area contributed by atoms with Gasteiger partial charge in [0.05, 0.1) is 19.2 Å². The first-order valence-electron chi connectivity index (χ1n) is 7.48. The normalized spacial score (nSPS) is 10.4. The molecule has 1 heterocycles. The lowest BCUT2D eigenvalue weighted by Gasteiger charge is -2.05. The predicted octanol–water partition coefficient (Wildman–Crippen LogP) is 2.98. The highest BCUT2D eigenvalue weighted by Gasteiger charge is 2.14. The molecule has 6 nitrogen and oxygen atoms in total. The van der Waals surface area contributed by atoms with Crippen molar-refractivity contribution in [1.82, 2.24) is 15.5 Å². The van der Waals surface area contributed by atoms with Gasteiger partial charge in [-0.15, -0.1) is 10.2 Å². The number of nitrogens with zero attached hydrogens (tertiary/aromatic N) is 2. The predicted molar refractivity (Wildman–Crippen MR) is 88.6 cm³/mol. The van der Waals surface area contributed by atoms with Crippen LogP contribution in [0.25, 0.3) is 11.5 Å². The van der Waals surface area contributed by atoms with Crippen LogP contribution in [0.1, 0.15) is 21.8 Å². The number of amides is 1. The number of carbonyl (C=O) groups is 1. The highest BCUT2D eigenvalue weighted by Crippen LogP contribution is 2.28. The summed E-state index contributed by atoms with van der Waals surface area (Å²) in [6.45, 7) is 2.05. The molecule has 3 aromatic rings. The van der Waals surface area contributed by atoms with E-state index >= 15 is 0 Å². The van der Waals surface area contributed by atoms with Gasteiger partial charge in [-0.3, -0.25) is 4.79 Å². The Balaban J connectivity index is 1.71. The number of benzene rings is 2. The third-order valence-corrected chi connectivity index (χ3v) is 3.59. The minimum absolute atomic E-state index is 0.162. The maximum Gasteiger partial charge on any atom is 0.251 e. The maximum absolute atomic E-state index is 12.2. The second-order valence-corrected chi connectivity index (χ2v) is 5.20. The maximum atomic E-state index is 12.2. The third kappa shape index (κ3) is 3.27. The Bertz CT molecular complexity index is 858. The second-order valence-electron chi connectivity index (χ2n) is 5.20. The van der Waals surface area contributed by atoms with Gasteiger partial charge in [-0.25, -0.2) is 0 Å². The Morgan fingerprint density at radius 1 is 1.12 bits per heavy atom. The Kier molecular flexibility index (Phi) is 4.56. The summed E-state index contributed by atoms with van der Waals surface area (Å²) in [4.78, 5) is 12.2. The smallest absolute Gasteiger partial charge is 0.251 e. The summed E-state index contributed by atoms with van der Waals surface area (Å²) in [6, 6.07) is 14.8. The molecule has 0 bridgehead atoms. The molecule has 0 fully saturated rings. The van der Waals surface area contributed by atoms with Crippen LogP contribution < -0.4 is 10.1 Å². The van der Waals surface area contributed by atoms with Crippen LogP contribution in [0.15, 0.2) is 52.9 Å². The van der Waals surface area contributed by atoms with E-state index in [0.29, 0.717) is 28.7 Å². The van der Waals surface area contributed by atoms with Crippen LogP contribution >= 0.6 is 0 Å². The lowest BCUT2D eigenvalue weighted by Crippen LogP contribution is -2.23. The molecule has 2 aromatic carbocycles. The minimum Gasteiger partial charge on any atom is -0.496 e. The number of aromatic nitrogens is 2. The molecule has 0 unspecified atom stereocenters. The van der Waals surface area contributed by atoms with Crippen LogP contribution in [-0.2, 0) is 6.54 Å². The monoisotopic (exact) mass is 323 g/mol. The first-order valence-corrected chi connectivity index (χ1v) is 7.48. The minimum atomic E-state index is -0.176. The summed E-state index contributed by atoms with van der Waals surface area (Å²) in [5.74, 6) is 1.16. The zero-order chi connectivity index (χ0) is 16.9. The topological polar surface area (TPSA) is 77.3 Å². The Morgan fingerprint density at radius 2 is 1.88 bits per heavy atom. The van der Waals surface area contributed by atoms with Crippen molar-refractivity contribution in [3.63, 3.8) is 0 Å². The molecule has 0 aliphatic carbocycles. The summed E-state index contributed by atoms with van der Waals surface area (Å²) >= 11 is 0. The zero-order valence-electron chi connectivity index (χ0n) is 13.4. The summed E-state index contributed by atoms with van der Waals surface area (Å²) in [7, 11) is 1.58. The van der Waals surface area contributed by atoms with Crippen molar-refractivity contribution in [3.8, 4) is 17.2 Å². The van der Waals surface area contributed by atoms with Crippen LogP contribution in [-0.4, -0.2) is 23.2 Å². The van der Waals surface area contributed by atoms with E-state index in [2.05, 4.69) is 15.5 Å². The number of hydrogen-bond acceptors (Lipinski definition) is 5. The van der Waals surface area contributed by atoms with Crippen molar-refractivity contribution in [3.05, 3.63) is 65.5 Å². The molecular weight excluding hydrogens is 306 g/mol. The van der Waals surface area contributed by atoms with Crippen molar-refractivity contribution >= 4 is 5.91 Å². The van der Waals surface area contributed by atoms with Gasteiger partial charge in [-0.1, -0.05) is 30.3 Å². The van der Waals surface area contributed by atoms with Crippen LogP contribution in [0.5, 0.6) is 5.75 Å². The van der Waals surface area contributed by atoms with Crippen molar-refractivity contribution in [2.45, 2.75) is 13.5 Å². The van der Waals surface area contributed by atoms with Crippen LogP contribution in [0.4, 0.5) is 0 Å². The summed E-state index contributed by atoms with van der Waals surface area (Å²) < 4.78 is 10.9. The summed E-state index contributed by atoms with van der Waals surface area (Å²) in [6.07, 6.45) is 0. The first-order chi connectivity index (χ1) is 11.7. The lowest BCUT2D eigenvalue weighted by molar-refractivity contribution is 0.0946. The van der Waals surface area contributed by atoms with Crippen molar-refractivity contribution in [2.24, 2.45) is 0 Å². The van der Waals surface area contributed by atoms with E-state index in [4.69, 9.17) is 9.15 Å². The quantitative estimate of drug-likeness (QED) is 0.781. The molecule has 1 N–H and O–H groups in total. The molecule has 0 saturated heterocycles. The highest BCUT2D eigenvalue weighted by atomic mass is 16.5. The number of nitrogens with one attached hydrogen (secondary N) is 1. The van der Waals surface area contributed by atoms with E-state index in [1.54, 1.807) is 13.2 Å². The molecule has 0 aliphatic heterocycles. The lowest BCUT2D eigenvalue weighted by atomic mass is 10.1. The molecule has 0 atom stereocenters. The van der Waals surface area contributed by atoms with Crippen LogP contribution in [0.2, 0.25) is 0 Å². The van der Waals surface area contributed by atoms with E-state index in [-0.39, 0.29) is 12.5 Å². The zero-order valence-corrected chi connectivity index (χ0v) is 13.4. The Hall–Kier alpha value is -3.15. The summed E-state index contributed by atoms with van der Waals surface area (Å²) in [5, 5.41) is 10.8. The second kappa shape index (κ2) is 6.95. The largest absolute Gasteiger partial charge is 0.496 e.